The molecule has 0 radical (unpaired) electrons. The first-order valence-electron chi connectivity index (χ1n) is 6.23. The zero-order valence-corrected chi connectivity index (χ0v) is 10.9. The van der Waals surface area contributed by atoms with E-state index < -0.39 is 0 Å². The van der Waals surface area contributed by atoms with E-state index in [4.69, 9.17) is 4.74 Å². The Morgan fingerprint density at radius 3 is 2.63 bits per heavy atom. The summed E-state index contributed by atoms with van der Waals surface area (Å²) in [6, 6.07) is 6.56. The smallest absolute Gasteiger partial charge is 0.319 e. The molecule has 1 heterocycles. The Morgan fingerprint density at radius 2 is 2.00 bits per heavy atom. The highest BCUT2D eigenvalue weighted by Crippen LogP contribution is 2.19. The fraction of sp³-hybridized carbons (Fsp3) is 0.462. The topological polar surface area (TPSA) is 44.8 Å². The van der Waals surface area contributed by atoms with E-state index in [2.05, 4.69) is 5.32 Å². The van der Waals surface area contributed by atoms with Crippen LogP contribution in [0.15, 0.2) is 24.3 Å². The minimum Gasteiger partial charge on any atom is -0.366 e. The standard InChI is InChI=1S/C13H18FN3O2/c1-19-10-15-13(18)17-8-6-16(7-9-17)12-5-3-2-4-11(12)14/h2-5H,6-10H2,1H3,(H,15,18). The molecule has 104 valence electrons. The molecule has 1 aromatic rings. The van der Waals surface area contributed by atoms with Crippen LogP contribution in [0.3, 0.4) is 0 Å². The molecule has 1 aliphatic heterocycles. The number of piperazine rings is 1. The summed E-state index contributed by atoms with van der Waals surface area (Å²) < 4.78 is 18.4. The molecule has 1 aliphatic rings. The Bertz CT molecular complexity index is 434. The zero-order chi connectivity index (χ0) is 13.7. The summed E-state index contributed by atoms with van der Waals surface area (Å²) in [6.07, 6.45) is 0. The molecule has 5 nitrogen and oxygen atoms in total. The van der Waals surface area contributed by atoms with Crippen LogP contribution in [0.5, 0.6) is 0 Å². The van der Waals surface area contributed by atoms with Crippen molar-refractivity contribution in [1.29, 1.82) is 0 Å². The van der Waals surface area contributed by atoms with Gasteiger partial charge >= 0.3 is 6.03 Å². The van der Waals surface area contributed by atoms with Crippen molar-refractivity contribution in [3.63, 3.8) is 0 Å². The number of benzene rings is 1. The van der Waals surface area contributed by atoms with Crippen molar-refractivity contribution in [3.8, 4) is 0 Å². The van der Waals surface area contributed by atoms with Gasteiger partial charge in [0.15, 0.2) is 0 Å². The maximum Gasteiger partial charge on any atom is 0.319 e. The van der Waals surface area contributed by atoms with Crippen molar-refractivity contribution in [2.75, 3.05) is 44.9 Å². The molecule has 0 atom stereocenters. The third-order valence-electron chi connectivity index (χ3n) is 3.13. The number of carbonyl (C=O) groups excluding carboxylic acids is 1. The van der Waals surface area contributed by atoms with E-state index in [0.29, 0.717) is 31.9 Å². The summed E-state index contributed by atoms with van der Waals surface area (Å²) in [6.45, 7) is 2.60. The molecule has 1 saturated heterocycles. The van der Waals surface area contributed by atoms with E-state index in [-0.39, 0.29) is 18.6 Å². The summed E-state index contributed by atoms with van der Waals surface area (Å²) >= 11 is 0. The third kappa shape index (κ3) is 3.35. The third-order valence-corrected chi connectivity index (χ3v) is 3.13. The van der Waals surface area contributed by atoms with Crippen molar-refractivity contribution in [1.82, 2.24) is 10.2 Å². The summed E-state index contributed by atoms with van der Waals surface area (Å²) in [5.74, 6) is -0.222. The van der Waals surface area contributed by atoms with Gasteiger partial charge in [0.2, 0.25) is 0 Å². The Labute approximate surface area is 111 Å². The summed E-state index contributed by atoms with van der Waals surface area (Å²) in [5.41, 5.74) is 0.597. The number of ether oxygens (including phenoxy) is 1. The second-order valence-electron chi connectivity index (χ2n) is 4.34. The molecule has 0 saturated carbocycles. The number of amides is 2. The highest BCUT2D eigenvalue weighted by Gasteiger charge is 2.22. The van der Waals surface area contributed by atoms with Gasteiger partial charge in [-0.1, -0.05) is 12.1 Å². The van der Waals surface area contributed by atoms with Crippen LogP contribution in [0.1, 0.15) is 0 Å². The van der Waals surface area contributed by atoms with Gasteiger partial charge in [-0.25, -0.2) is 9.18 Å². The average molecular weight is 267 g/mol. The normalized spacial score (nSPS) is 15.5. The van der Waals surface area contributed by atoms with Crippen LogP contribution >= 0.6 is 0 Å². The molecule has 1 fully saturated rings. The van der Waals surface area contributed by atoms with Crippen molar-refractivity contribution < 1.29 is 13.9 Å². The van der Waals surface area contributed by atoms with Gasteiger partial charge in [0.1, 0.15) is 12.5 Å². The first kappa shape index (κ1) is 13.6. The molecule has 6 heteroatoms. The van der Waals surface area contributed by atoms with Crippen LogP contribution in [0.25, 0.3) is 0 Å². The van der Waals surface area contributed by atoms with Crippen LogP contribution < -0.4 is 10.2 Å². The second kappa shape index (κ2) is 6.38. The summed E-state index contributed by atoms with van der Waals surface area (Å²) in [4.78, 5) is 15.4. The number of halogens is 1. The van der Waals surface area contributed by atoms with Crippen molar-refractivity contribution in [2.24, 2.45) is 0 Å². The maximum atomic E-state index is 13.6. The molecule has 0 unspecified atom stereocenters. The van der Waals surface area contributed by atoms with Crippen molar-refractivity contribution >= 4 is 11.7 Å². The molecular formula is C13H18FN3O2. The summed E-state index contributed by atoms with van der Waals surface area (Å²) in [5, 5.41) is 2.64. The van der Waals surface area contributed by atoms with E-state index in [1.165, 1.54) is 13.2 Å². The first-order valence-corrected chi connectivity index (χ1v) is 6.23. The number of anilines is 1. The van der Waals surface area contributed by atoms with Gasteiger partial charge in [-0.3, -0.25) is 0 Å². The van der Waals surface area contributed by atoms with Crippen molar-refractivity contribution in [3.05, 3.63) is 30.1 Å². The lowest BCUT2D eigenvalue weighted by atomic mass is 10.2. The highest BCUT2D eigenvalue weighted by atomic mass is 19.1. The van der Waals surface area contributed by atoms with E-state index >= 15 is 0 Å². The second-order valence-corrected chi connectivity index (χ2v) is 4.34. The number of rotatable bonds is 3. The van der Waals surface area contributed by atoms with Crippen LogP contribution in [0.2, 0.25) is 0 Å². The van der Waals surface area contributed by atoms with Gasteiger partial charge in [-0.15, -0.1) is 0 Å². The number of nitrogens with zero attached hydrogens (tertiary/aromatic N) is 2. The lowest BCUT2D eigenvalue weighted by Gasteiger charge is -2.36. The molecule has 19 heavy (non-hydrogen) atoms. The lowest BCUT2D eigenvalue weighted by Crippen LogP contribution is -2.52. The quantitative estimate of drug-likeness (QED) is 0.839. The monoisotopic (exact) mass is 267 g/mol. The molecule has 0 aromatic heterocycles. The van der Waals surface area contributed by atoms with Gasteiger partial charge in [-0.05, 0) is 12.1 Å². The van der Waals surface area contributed by atoms with Gasteiger partial charge in [-0.2, -0.15) is 0 Å². The average Bonchev–Trinajstić information content (AvgIpc) is 2.45. The van der Waals surface area contributed by atoms with Crippen LogP contribution in [0.4, 0.5) is 14.9 Å². The molecular weight excluding hydrogens is 249 g/mol. The van der Waals surface area contributed by atoms with Gasteiger partial charge in [0.05, 0.1) is 5.69 Å². The van der Waals surface area contributed by atoms with Crippen molar-refractivity contribution in [2.45, 2.75) is 0 Å². The Kier molecular flexibility index (Phi) is 4.57. The number of hydrogen-bond donors (Lipinski definition) is 1. The minimum absolute atomic E-state index is 0.143. The number of carbonyl (C=O) groups is 1. The molecule has 0 spiro atoms. The fourth-order valence-electron chi connectivity index (χ4n) is 2.10. The first-order chi connectivity index (χ1) is 9.22. The molecule has 1 aromatic carbocycles. The van der Waals surface area contributed by atoms with E-state index in [1.54, 1.807) is 17.0 Å². The molecule has 1 N–H and O–H groups in total. The van der Waals surface area contributed by atoms with Gasteiger partial charge in [0, 0.05) is 33.3 Å². The number of hydrogen-bond acceptors (Lipinski definition) is 3. The zero-order valence-electron chi connectivity index (χ0n) is 10.9. The molecule has 0 aliphatic carbocycles. The van der Waals surface area contributed by atoms with E-state index in [0.717, 1.165) is 0 Å². The Balaban J connectivity index is 1.89. The molecule has 2 rings (SSSR count). The largest absolute Gasteiger partial charge is 0.366 e. The predicted molar refractivity (Wildman–Crippen MR) is 70.6 cm³/mol. The summed E-state index contributed by atoms with van der Waals surface area (Å²) in [7, 11) is 1.52. The highest BCUT2D eigenvalue weighted by molar-refractivity contribution is 5.74. The Hall–Kier alpha value is -1.82. The van der Waals surface area contributed by atoms with Crippen LogP contribution in [0, 0.1) is 5.82 Å². The van der Waals surface area contributed by atoms with E-state index in [9.17, 15) is 9.18 Å². The molecule has 2 amide bonds. The van der Waals surface area contributed by atoms with Gasteiger partial charge in [0.25, 0.3) is 0 Å². The number of nitrogens with one attached hydrogen (secondary N) is 1. The van der Waals surface area contributed by atoms with Crippen LogP contribution in [-0.2, 0) is 4.74 Å². The number of para-hydroxylation sites is 1. The minimum atomic E-state index is -0.222. The maximum absolute atomic E-state index is 13.6. The Morgan fingerprint density at radius 1 is 1.32 bits per heavy atom. The molecule has 0 bridgehead atoms. The van der Waals surface area contributed by atoms with Crippen LogP contribution in [-0.4, -0.2) is 51.0 Å². The SMILES string of the molecule is COCNC(=O)N1CCN(c2ccccc2F)CC1. The van der Waals surface area contributed by atoms with Gasteiger partial charge < -0.3 is 19.9 Å². The predicted octanol–water partition coefficient (Wildman–Crippen LogP) is 1.26. The fourth-order valence-corrected chi connectivity index (χ4v) is 2.10. The number of urea groups is 1. The van der Waals surface area contributed by atoms with E-state index in [1.807, 2.05) is 11.0 Å². The number of methoxy groups -OCH3 is 1. The lowest BCUT2D eigenvalue weighted by molar-refractivity contribution is 0.152.